The van der Waals surface area contributed by atoms with Gasteiger partial charge >= 0.3 is 25.6 Å². The molecule has 0 unspecified atom stereocenters. The van der Waals surface area contributed by atoms with Crippen LogP contribution in [0.5, 0.6) is 0 Å². The Morgan fingerprint density at radius 3 is 2.25 bits per heavy atom. The van der Waals surface area contributed by atoms with Gasteiger partial charge in [0.1, 0.15) is 5.82 Å². The van der Waals surface area contributed by atoms with E-state index < -0.39 is 18.2 Å². The van der Waals surface area contributed by atoms with Gasteiger partial charge in [-0.05, 0) is 12.1 Å². The van der Waals surface area contributed by atoms with Crippen LogP contribution in [0.3, 0.4) is 0 Å². The zero-order chi connectivity index (χ0) is 8.48. The van der Waals surface area contributed by atoms with Crippen molar-refractivity contribution in [3.05, 3.63) is 24.1 Å². The predicted octanol–water partition coefficient (Wildman–Crippen LogP) is -4.65. The van der Waals surface area contributed by atoms with E-state index in [1.54, 1.807) is 0 Å². The van der Waals surface area contributed by atoms with Gasteiger partial charge in [-0.3, -0.25) is 4.98 Å². The minimum atomic E-state index is -3.82. The summed E-state index contributed by atoms with van der Waals surface area (Å²) in [7, 11) is 0. The normalized spacial score (nSPS) is 10.7. The molecule has 0 spiro atoms. The number of rotatable bonds is 1. The molecule has 0 aliphatic rings. The monoisotopic (exact) mass is 165 g/mol. The topological polar surface area (TPSA) is 73.6 Å². The van der Waals surface area contributed by atoms with Crippen LogP contribution < -0.4 is 24.5 Å². The molecule has 0 fully saturated rings. The van der Waals surface area contributed by atoms with Crippen molar-refractivity contribution in [1.29, 1.82) is 0 Å². The first-order valence-electron chi connectivity index (χ1n) is 2.94. The van der Waals surface area contributed by atoms with Crippen molar-refractivity contribution < 1.29 is 38.3 Å². The Kier molecular flexibility index (Phi) is 3.90. The van der Waals surface area contributed by atoms with Crippen LogP contribution in [0.25, 0.3) is 0 Å². The molecule has 0 radical (unpaired) electrons. The summed E-state index contributed by atoms with van der Waals surface area (Å²) in [4.78, 5) is 3.25. The van der Waals surface area contributed by atoms with Crippen molar-refractivity contribution >= 4 is 12.3 Å². The van der Waals surface area contributed by atoms with Gasteiger partial charge in [0.15, 0.2) is 0 Å². The summed E-state index contributed by atoms with van der Waals surface area (Å²) in [5, 5.41) is 25.6. The fourth-order valence-electron chi connectivity index (χ4n) is 0.683. The number of hydrogen-bond donors (Lipinski definition) is 3. The number of halogens is 1. The SMILES string of the molecule is O[B-](O)(O)c1ncccc1F.[Li+]. The van der Waals surface area contributed by atoms with Crippen LogP contribution in [0.1, 0.15) is 0 Å². The standard InChI is InChI=1S/C5H6BFNO3.Li/c7-4-2-1-3-8-5(4)6(9,10)11;/h1-3,9-11H;/q-1;+1. The van der Waals surface area contributed by atoms with Crippen LogP contribution in [0.4, 0.5) is 4.39 Å². The summed E-state index contributed by atoms with van der Waals surface area (Å²) >= 11 is 0. The molecule has 0 amide bonds. The molecular weight excluding hydrogens is 159 g/mol. The van der Waals surface area contributed by atoms with E-state index in [0.717, 1.165) is 12.3 Å². The van der Waals surface area contributed by atoms with E-state index in [0.29, 0.717) is 0 Å². The Labute approximate surface area is 80.3 Å². The molecule has 12 heavy (non-hydrogen) atoms. The van der Waals surface area contributed by atoms with Gasteiger partial charge in [-0.15, -0.1) is 0 Å². The van der Waals surface area contributed by atoms with E-state index in [-0.39, 0.29) is 18.9 Å². The minimum Gasteiger partial charge on any atom is -0.555 e. The Hall–Kier alpha value is -0.378. The smallest absolute Gasteiger partial charge is 0.555 e. The zero-order valence-corrected chi connectivity index (χ0v) is 6.48. The molecule has 4 nitrogen and oxygen atoms in total. The molecule has 1 heterocycles. The van der Waals surface area contributed by atoms with Crippen molar-refractivity contribution in [2.45, 2.75) is 0 Å². The summed E-state index contributed by atoms with van der Waals surface area (Å²) in [5.74, 6) is -0.944. The quantitative estimate of drug-likeness (QED) is 0.366. The Morgan fingerprint density at radius 1 is 1.33 bits per heavy atom. The van der Waals surface area contributed by atoms with Gasteiger partial charge in [-0.2, -0.15) is 0 Å². The van der Waals surface area contributed by atoms with Gasteiger partial charge in [0.25, 0.3) is 0 Å². The van der Waals surface area contributed by atoms with Crippen LogP contribution >= 0.6 is 0 Å². The average molecular weight is 165 g/mol. The van der Waals surface area contributed by atoms with Crippen LogP contribution in [0.15, 0.2) is 18.3 Å². The Bertz CT molecular complexity index is 267. The molecule has 1 aromatic heterocycles. The molecule has 0 aliphatic heterocycles. The molecular formula is C5H6BFLiNO3. The van der Waals surface area contributed by atoms with Gasteiger partial charge < -0.3 is 15.1 Å². The molecule has 1 rings (SSSR count). The second-order valence-electron chi connectivity index (χ2n) is 2.10. The average Bonchev–Trinajstić information content (AvgIpc) is 1.86. The fourth-order valence-corrected chi connectivity index (χ4v) is 0.683. The fraction of sp³-hybridized carbons (Fsp3) is 0. The van der Waals surface area contributed by atoms with E-state index in [1.807, 2.05) is 0 Å². The van der Waals surface area contributed by atoms with Gasteiger partial charge in [-0.25, -0.2) is 4.39 Å². The number of nitrogens with zero attached hydrogens (tertiary/aromatic N) is 1. The van der Waals surface area contributed by atoms with Crippen molar-refractivity contribution in [2.24, 2.45) is 0 Å². The third-order valence-electron chi connectivity index (χ3n) is 1.15. The number of aromatic nitrogens is 1. The summed E-state index contributed by atoms with van der Waals surface area (Å²) in [5.41, 5.74) is -0.743. The summed E-state index contributed by atoms with van der Waals surface area (Å²) in [6.07, 6.45) is 1.15. The third-order valence-corrected chi connectivity index (χ3v) is 1.15. The van der Waals surface area contributed by atoms with Gasteiger partial charge in [0.2, 0.25) is 0 Å². The van der Waals surface area contributed by atoms with Crippen molar-refractivity contribution in [1.82, 2.24) is 4.98 Å². The largest absolute Gasteiger partial charge is 1.00 e. The maximum absolute atomic E-state index is 12.6. The van der Waals surface area contributed by atoms with E-state index >= 15 is 0 Å². The maximum atomic E-state index is 12.6. The van der Waals surface area contributed by atoms with Crippen LogP contribution in [0.2, 0.25) is 0 Å². The van der Waals surface area contributed by atoms with E-state index in [9.17, 15) is 4.39 Å². The van der Waals surface area contributed by atoms with Crippen molar-refractivity contribution in [3.63, 3.8) is 0 Å². The van der Waals surface area contributed by atoms with Crippen LogP contribution in [-0.2, 0) is 0 Å². The van der Waals surface area contributed by atoms with Crippen molar-refractivity contribution in [2.75, 3.05) is 0 Å². The van der Waals surface area contributed by atoms with Crippen molar-refractivity contribution in [3.8, 4) is 0 Å². The predicted molar refractivity (Wildman–Crippen MR) is 36.2 cm³/mol. The van der Waals surface area contributed by atoms with Gasteiger partial charge in [0.05, 0.1) is 0 Å². The van der Waals surface area contributed by atoms with Crippen LogP contribution in [-0.4, -0.2) is 26.8 Å². The zero-order valence-electron chi connectivity index (χ0n) is 6.48. The molecule has 7 heteroatoms. The molecule has 0 saturated carbocycles. The Balaban J connectivity index is 0.00000121. The Morgan fingerprint density at radius 2 is 1.92 bits per heavy atom. The first-order chi connectivity index (χ1) is 5.02. The molecule has 0 atom stereocenters. The third kappa shape index (κ3) is 2.59. The van der Waals surface area contributed by atoms with Gasteiger partial charge in [0, 0.05) is 11.8 Å². The number of pyridine rings is 1. The molecule has 3 N–H and O–H groups in total. The van der Waals surface area contributed by atoms with E-state index in [4.69, 9.17) is 15.1 Å². The summed E-state index contributed by atoms with van der Waals surface area (Å²) < 4.78 is 12.6. The first-order valence-corrected chi connectivity index (χ1v) is 2.94. The molecule has 1 aromatic rings. The van der Waals surface area contributed by atoms with E-state index in [2.05, 4.69) is 4.98 Å². The second kappa shape index (κ2) is 4.03. The molecule has 0 saturated heterocycles. The van der Waals surface area contributed by atoms with Crippen LogP contribution in [0, 0.1) is 5.82 Å². The summed E-state index contributed by atoms with van der Waals surface area (Å²) in [6, 6.07) is 2.25. The maximum Gasteiger partial charge on any atom is 1.00 e. The molecule has 0 bridgehead atoms. The van der Waals surface area contributed by atoms with Gasteiger partial charge in [-0.1, -0.05) is 0 Å². The van der Waals surface area contributed by atoms with E-state index in [1.165, 1.54) is 6.07 Å². The molecule has 0 aromatic carbocycles. The summed E-state index contributed by atoms with van der Waals surface area (Å²) in [6.45, 7) is -3.82. The minimum absolute atomic E-state index is 0. The first kappa shape index (κ1) is 11.6. The molecule has 60 valence electrons. The second-order valence-corrected chi connectivity index (χ2v) is 2.10. The number of hydrogen-bond acceptors (Lipinski definition) is 4. The molecule has 0 aliphatic carbocycles.